The molecule has 0 spiro atoms. The zero-order chi connectivity index (χ0) is 13.8. The Morgan fingerprint density at radius 3 is 2.42 bits per heavy atom. The summed E-state index contributed by atoms with van der Waals surface area (Å²) in [6.07, 6.45) is 0. The van der Waals surface area contributed by atoms with Crippen molar-refractivity contribution in [2.45, 2.75) is 19.3 Å². The van der Waals surface area contributed by atoms with Crippen molar-refractivity contribution in [2.24, 2.45) is 0 Å². The third-order valence-corrected chi connectivity index (χ3v) is 4.74. The van der Waals surface area contributed by atoms with E-state index in [1.165, 1.54) is 11.3 Å². The number of alkyl halides is 1. The number of carbonyl (C=O) groups excluding carboxylic acids is 1. The molecule has 2 aromatic rings. The summed E-state index contributed by atoms with van der Waals surface area (Å²) in [6.45, 7) is 2.37. The van der Waals surface area contributed by atoms with E-state index >= 15 is 0 Å². The summed E-state index contributed by atoms with van der Waals surface area (Å²) in [7, 11) is 0. The van der Waals surface area contributed by atoms with Crippen LogP contribution in [-0.2, 0) is 12.4 Å². The molecule has 2 nitrogen and oxygen atoms in total. The highest BCUT2D eigenvalue weighted by Gasteiger charge is 2.13. The molecule has 1 amide bonds. The highest BCUT2D eigenvalue weighted by atomic mass is 35.5. The fourth-order valence-corrected chi connectivity index (χ4v) is 2.96. The predicted octanol–water partition coefficient (Wildman–Crippen LogP) is 4.38. The van der Waals surface area contributed by atoms with E-state index in [9.17, 15) is 4.79 Å². The van der Waals surface area contributed by atoms with Crippen molar-refractivity contribution >= 4 is 40.4 Å². The Morgan fingerprint density at radius 1 is 1.26 bits per heavy atom. The molecule has 0 saturated carbocycles. The van der Waals surface area contributed by atoms with Gasteiger partial charge in [-0.1, -0.05) is 35.9 Å². The SMILES string of the molecule is Cc1csc(C(=O)NCc2ccc(CCl)cc2)c1Cl. The lowest BCUT2D eigenvalue weighted by Crippen LogP contribution is -2.22. The second-order valence-corrected chi connectivity index (χ2v) is 5.72. The molecule has 0 fully saturated rings. The summed E-state index contributed by atoms with van der Waals surface area (Å²) >= 11 is 13.1. The first-order chi connectivity index (χ1) is 9.11. The van der Waals surface area contributed by atoms with Gasteiger partial charge in [-0.25, -0.2) is 0 Å². The minimum absolute atomic E-state index is 0.135. The summed E-state index contributed by atoms with van der Waals surface area (Å²) in [5, 5.41) is 5.28. The average Bonchev–Trinajstić information content (AvgIpc) is 2.77. The van der Waals surface area contributed by atoms with E-state index in [0.29, 0.717) is 22.3 Å². The Labute approximate surface area is 126 Å². The maximum Gasteiger partial charge on any atom is 0.263 e. The van der Waals surface area contributed by atoms with Gasteiger partial charge < -0.3 is 5.32 Å². The summed E-state index contributed by atoms with van der Waals surface area (Å²) in [6, 6.07) is 7.83. The number of rotatable bonds is 4. The molecule has 100 valence electrons. The Morgan fingerprint density at radius 2 is 1.89 bits per heavy atom. The number of nitrogens with one attached hydrogen (secondary N) is 1. The Balaban J connectivity index is 1.98. The van der Waals surface area contributed by atoms with Crippen LogP contribution < -0.4 is 5.32 Å². The van der Waals surface area contributed by atoms with E-state index < -0.39 is 0 Å². The normalized spacial score (nSPS) is 10.5. The lowest BCUT2D eigenvalue weighted by Gasteiger charge is -2.05. The van der Waals surface area contributed by atoms with E-state index in [2.05, 4.69) is 5.32 Å². The maximum atomic E-state index is 12.0. The van der Waals surface area contributed by atoms with Crippen LogP contribution in [0.5, 0.6) is 0 Å². The Hall–Kier alpha value is -1.03. The molecule has 0 aliphatic carbocycles. The summed E-state index contributed by atoms with van der Waals surface area (Å²) in [5.41, 5.74) is 3.03. The topological polar surface area (TPSA) is 29.1 Å². The number of aryl methyl sites for hydroxylation is 1. The van der Waals surface area contributed by atoms with Gasteiger partial charge in [0.25, 0.3) is 5.91 Å². The highest BCUT2D eigenvalue weighted by molar-refractivity contribution is 7.13. The molecule has 0 radical (unpaired) electrons. The first-order valence-corrected chi connectivity index (χ1v) is 7.56. The van der Waals surface area contributed by atoms with Crippen molar-refractivity contribution < 1.29 is 4.79 Å². The van der Waals surface area contributed by atoms with Crippen molar-refractivity contribution in [1.82, 2.24) is 5.32 Å². The van der Waals surface area contributed by atoms with Crippen LogP contribution in [0.1, 0.15) is 26.4 Å². The molecule has 19 heavy (non-hydrogen) atoms. The average molecular weight is 314 g/mol. The number of hydrogen-bond acceptors (Lipinski definition) is 2. The molecule has 1 heterocycles. The monoisotopic (exact) mass is 313 g/mol. The third-order valence-electron chi connectivity index (χ3n) is 2.74. The van der Waals surface area contributed by atoms with Gasteiger partial charge in [-0.15, -0.1) is 22.9 Å². The lowest BCUT2D eigenvalue weighted by molar-refractivity contribution is 0.0955. The van der Waals surface area contributed by atoms with Crippen LogP contribution in [0.3, 0.4) is 0 Å². The number of thiophene rings is 1. The fourth-order valence-electron chi connectivity index (χ4n) is 1.59. The number of hydrogen-bond donors (Lipinski definition) is 1. The van der Waals surface area contributed by atoms with Gasteiger partial charge >= 0.3 is 0 Å². The van der Waals surface area contributed by atoms with Crippen LogP contribution in [0.2, 0.25) is 5.02 Å². The summed E-state index contributed by atoms with van der Waals surface area (Å²) in [4.78, 5) is 12.5. The molecule has 0 bridgehead atoms. The van der Waals surface area contributed by atoms with E-state index in [1.807, 2.05) is 36.6 Å². The second kappa shape index (κ2) is 6.42. The molecular formula is C14H13Cl2NOS. The zero-order valence-electron chi connectivity index (χ0n) is 10.4. The van der Waals surface area contributed by atoms with Gasteiger partial charge in [0.05, 0.1) is 5.02 Å². The van der Waals surface area contributed by atoms with Crippen LogP contribution >= 0.6 is 34.5 Å². The fraction of sp³-hybridized carbons (Fsp3) is 0.214. The van der Waals surface area contributed by atoms with Crippen molar-refractivity contribution in [3.05, 3.63) is 56.2 Å². The van der Waals surface area contributed by atoms with E-state index in [0.717, 1.165) is 16.7 Å². The van der Waals surface area contributed by atoms with Gasteiger partial charge in [-0.2, -0.15) is 0 Å². The standard InChI is InChI=1S/C14H13Cl2NOS/c1-9-8-19-13(12(9)16)14(18)17-7-11-4-2-10(6-15)3-5-11/h2-5,8H,6-7H2,1H3,(H,17,18). The molecule has 0 atom stereocenters. The largest absolute Gasteiger partial charge is 0.347 e. The van der Waals surface area contributed by atoms with Crippen LogP contribution in [-0.4, -0.2) is 5.91 Å². The Kier molecular flexibility index (Phi) is 4.86. The van der Waals surface area contributed by atoms with Crippen molar-refractivity contribution in [3.63, 3.8) is 0 Å². The molecular weight excluding hydrogens is 301 g/mol. The lowest BCUT2D eigenvalue weighted by atomic mass is 10.1. The van der Waals surface area contributed by atoms with E-state index in [-0.39, 0.29) is 5.91 Å². The van der Waals surface area contributed by atoms with Gasteiger partial charge in [-0.05, 0) is 29.0 Å². The molecule has 1 N–H and O–H groups in total. The summed E-state index contributed by atoms with van der Waals surface area (Å²) in [5.74, 6) is 0.362. The second-order valence-electron chi connectivity index (χ2n) is 4.19. The predicted molar refractivity (Wildman–Crippen MR) is 81.2 cm³/mol. The number of benzene rings is 1. The molecule has 0 unspecified atom stereocenters. The van der Waals surface area contributed by atoms with Crippen LogP contribution in [0.25, 0.3) is 0 Å². The maximum absolute atomic E-state index is 12.0. The Bertz CT molecular complexity index is 578. The van der Waals surface area contributed by atoms with Gasteiger partial charge in [0.15, 0.2) is 0 Å². The number of carbonyl (C=O) groups is 1. The van der Waals surface area contributed by atoms with Crippen LogP contribution in [0.15, 0.2) is 29.6 Å². The molecule has 0 saturated heterocycles. The first kappa shape index (κ1) is 14.4. The van der Waals surface area contributed by atoms with E-state index in [1.54, 1.807) is 0 Å². The minimum atomic E-state index is -0.135. The van der Waals surface area contributed by atoms with Crippen molar-refractivity contribution in [2.75, 3.05) is 0 Å². The van der Waals surface area contributed by atoms with E-state index in [4.69, 9.17) is 23.2 Å². The summed E-state index contributed by atoms with van der Waals surface area (Å²) < 4.78 is 0. The number of amides is 1. The first-order valence-electron chi connectivity index (χ1n) is 5.77. The smallest absolute Gasteiger partial charge is 0.263 e. The number of halogens is 2. The third kappa shape index (κ3) is 3.50. The molecule has 5 heteroatoms. The van der Waals surface area contributed by atoms with Gasteiger partial charge in [-0.3, -0.25) is 4.79 Å². The van der Waals surface area contributed by atoms with Gasteiger partial charge in [0.1, 0.15) is 4.88 Å². The molecule has 1 aromatic carbocycles. The van der Waals surface area contributed by atoms with Crippen molar-refractivity contribution in [3.8, 4) is 0 Å². The van der Waals surface area contributed by atoms with Gasteiger partial charge in [0.2, 0.25) is 0 Å². The van der Waals surface area contributed by atoms with Crippen molar-refractivity contribution in [1.29, 1.82) is 0 Å². The zero-order valence-corrected chi connectivity index (χ0v) is 12.7. The molecule has 0 aliphatic heterocycles. The quantitative estimate of drug-likeness (QED) is 0.834. The van der Waals surface area contributed by atoms with Crippen LogP contribution in [0, 0.1) is 6.92 Å². The molecule has 1 aromatic heterocycles. The molecule has 2 rings (SSSR count). The van der Waals surface area contributed by atoms with Gasteiger partial charge in [0, 0.05) is 12.4 Å². The minimum Gasteiger partial charge on any atom is -0.347 e. The highest BCUT2D eigenvalue weighted by Crippen LogP contribution is 2.26. The molecule has 0 aliphatic rings. The van der Waals surface area contributed by atoms with Crippen LogP contribution in [0.4, 0.5) is 0 Å².